The van der Waals surface area contributed by atoms with Crippen LogP contribution in [-0.2, 0) is 27.2 Å². The molecule has 0 aliphatic heterocycles. The second kappa shape index (κ2) is 12.9. The van der Waals surface area contributed by atoms with Gasteiger partial charge in [0, 0.05) is 19.4 Å². The lowest BCUT2D eigenvalue weighted by atomic mass is 9.77. The first kappa shape index (κ1) is 27.0. The largest absolute Gasteiger partial charge is 0.497 e. The molecule has 0 bridgehead atoms. The Balaban J connectivity index is 2.19. The summed E-state index contributed by atoms with van der Waals surface area (Å²) in [6.07, 6.45) is 1.57. The number of aliphatic hydroxyl groups is 1. The van der Waals surface area contributed by atoms with Crippen LogP contribution in [0.4, 0.5) is 0 Å². The summed E-state index contributed by atoms with van der Waals surface area (Å²) in [6.45, 7) is 1.21. The SMILES string of the molecule is CNC(=O)[C@@H](CC(=O)[C@H](CCCc1ccccc1)[C@@](C)(O)C(=O)NO)Cc1ccc(OC)cc1. The van der Waals surface area contributed by atoms with Crippen LogP contribution in [0.2, 0.25) is 0 Å². The summed E-state index contributed by atoms with van der Waals surface area (Å²) in [5, 5.41) is 22.6. The Morgan fingerprint density at radius 1 is 1.03 bits per heavy atom. The predicted molar refractivity (Wildman–Crippen MR) is 127 cm³/mol. The molecule has 0 fully saturated rings. The Morgan fingerprint density at radius 2 is 1.68 bits per heavy atom. The van der Waals surface area contributed by atoms with E-state index >= 15 is 0 Å². The highest BCUT2D eigenvalue weighted by molar-refractivity contribution is 5.94. The lowest BCUT2D eigenvalue weighted by molar-refractivity contribution is -0.158. The summed E-state index contributed by atoms with van der Waals surface area (Å²) in [7, 11) is 3.06. The molecule has 2 rings (SSSR count). The van der Waals surface area contributed by atoms with E-state index in [1.807, 2.05) is 42.5 Å². The van der Waals surface area contributed by atoms with Gasteiger partial charge in [0.05, 0.1) is 13.0 Å². The molecule has 0 aliphatic carbocycles. The molecule has 184 valence electrons. The van der Waals surface area contributed by atoms with Crippen LogP contribution in [0, 0.1) is 11.8 Å². The van der Waals surface area contributed by atoms with Crippen molar-refractivity contribution in [3.63, 3.8) is 0 Å². The molecular weight excluding hydrogens is 436 g/mol. The van der Waals surface area contributed by atoms with Gasteiger partial charge >= 0.3 is 0 Å². The molecule has 0 saturated heterocycles. The first-order chi connectivity index (χ1) is 16.2. The van der Waals surface area contributed by atoms with Crippen molar-refractivity contribution in [3.8, 4) is 5.75 Å². The van der Waals surface area contributed by atoms with Crippen LogP contribution in [0.3, 0.4) is 0 Å². The van der Waals surface area contributed by atoms with Crippen LogP contribution in [0.15, 0.2) is 54.6 Å². The topological polar surface area (TPSA) is 125 Å². The number of ketones is 1. The third kappa shape index (κ3) is 7.40. The van der Waals surface area contributed by atoms with Crippen LogP contribution >= 0.6 is 0 Å². The van der Waals surface area contributed by atoms with Gasteiger partial charge in [-0.25, -0.2) is 5.48 Å². The maximum absolute atomic E-state index is 13.4. The van der Waals surface area contributed by atoms with Gasteiger partial charge in [-0.1, -0.05) is 42.5 Å². The van der Waals surface area contributed by atoms with Gasteiger partial charge < -0.3 is 15.2 Å². The molecule has 4 N–H and O–H groups in total. The Kier molecular flexibility index (Phi) is 10.2. The molecule has 0 heterocycles. The summed E-state index contributed by atoms with van der Waals surface area (Å²) in [5.41, 5.74) is 1.25. The molecule has 0 spiro atoms. The smallest absolute Gasteiger partial charge is 0.275 e. The number of methoxy groups -OCH3 is 1. The molecule has 0 unspecified atom stereocenters. The van der Waals surface area contributed by atoms with E-state index in [1.54, 1.807) is 19.2 Å². The van der Waals surface area contributed by atoms with Crippen LogP contribution in [-0.4, -0.2) is 47.7 Å². The van der Waals surface area contributed by atoms with E-state index in [9.17, 15) is 19.5 Å². The molecule has 34 heavy (non-hydrogen) atoms. The summed E-state index contributed by atoms with van der Waals surface area (Å²) < 4.78 is 5.16. The number of carbonyl (C=O) groups is 3. The van der Waals surface area contributed by atoms with Gasteiger partial charge in [-0.15, -0.1) is 0 Å². The third-order valence-corrected chi connectivity index (χ3v) is 6.14. The lowest BCUT2D eigenvalue weighted by Crippen LogP contribution is -2.52. The summed E-state index contributed by atoms with van der Waals surface area (Å²) >= 11 is 0. The van der Waals surface area contributed by atoms with Gasteiger partial charge in [0.2, 0.25) is 5.91 Å². The summed E-state index contributed by atoms with van der Waals surface area (Å²) in [5.74, 6) is -2.87. The van der Waals surface area contributed by atoms with Gasteiger partial charge in [0.25, 0.3) is 5.91 Å². The summed E-state index contributed by atoms with van der Waals surface area (Å²) in [4.78, 5) is 38.1. The predicted octanol–water partition coefficient (Wildman–Crippen LogP) is 2.45. The highest BCUT2D eigenvalue weighted by Crippen LogP contribution is 2.28. The molecule has 8 nitrogen and oxygen atoms in total. The van der Waals surface area contributed by atoms with Crippen molar-refractivity contribution < 1.29 is 29.4 Å². The zero-order valence-corrected chi connectivity index (χ0v) is 19.9. The summed E-state index contributed by atoms with van der Waals surface area (Å²) in [6, 6.07) is 16.9. The number of benzene rings is 2. The second-order valence-corrected chi connectivity index (χ2v) is 8.55. The molecule has 3 atom stereocenters. The maximum Gasteiger partial charge on any atom is 0.275 e. The number of ether oxygens (including phenoxy) is 1. The quantitative estimate of drug-likeness (QED) is 0.263. The molecule has 0 saturated carbocycles. The van der Waals surface area contributed by atoms with E-state index in [2.05, 4.69) is 5.32 Å². The Bertz CT molecular complexity index is 944. The van der Waals surface area contributed by atoms with Crippen molar-refractivity contribution in [2.45, 2.75) is 44.6 Å². The van der Waals surface area contributed by atoms with Crippen LogP contribution in [0.5, 0.6) is 5.75 Å². The van der Waals surface area contributed by atoms with Crippen LogP contribution in [0.1, 0.15) is 37.3 Å². The van der Waals surface area contributed by atoms with E-state index in [1.165, 1.54) is 19.5 Å². The Hall–Kier alpha value is -3.23. The van der Waals surface area contributed by atoms with Gasteiger partial charge in [-0.3, -0.25) is 19.6 Å². The zero-order valence-electron chi connectivity index (χ0n) is 19.9. The highest BCUT2D eigenvalue weighted by Gasteiger charge is 2.43. The monoisotopic (exact) mass is 470 g/mol. The number of hydrogen-bond acceptors (Lipinski definition) is 6. The minimum atomic E-state index is -2.13. The van der Waals surface area contributed by atoms with Crippen LogP contribution < -0.4 is 15.5 Å². The van der Waals surface area contributed by atoms with E-state index < -0.39 is 29.1 Å². The fourth-order valence-electron chi connectivity index (χ4n) is 4.07. The highest BCUT2D eigenvalue weighted by atomic mass is 16.5. The normalized spacial score (nSPS) is 14.4. The number of rotatable bonds is 13. The minimum Gasteiger partial charge on any atom is -0.497 e. The Labute approximate surface area is 200 Å². The zero-order chi connectivity index (χ0) is 25.1. The van der Waals surface area contributed by atoms with Crippen molar-refractivity contribution in [3.05, 3.63) is 65.7 Å². The number of hydroxylamine groups is 1. The van der Waals surface area contributed by atoms with E-state index in [-0.39, 0.29) is 18.7 Å². The number of aryl methyl sites for hydroxylation is 1. The van der Waals surface area contributed by atoms with E-state index in [0.29, 0.717) is 25.0 Å². The number of nitrogens with one attached hydrogen (secondary N) is 2. The van der Waals surface area contributed by atoms with Gasteiger partial charge in [-0.05, 0) is 55.9 Å². The van der Waals surface area contributed by atoms with Crippen LogP contribution in [0.25, 0.3) is 0 Å². The standard InChI is InChI=1S/C26H34N2O6/c1-26(32,25(31)28-33)22(11-7-10-18-8-5-4-6-9-18)23(29)17-20(24(30)27-2)16-19-12-14-21(34-3)15-13-19/h4-6,8-9,12-15,20,22,32-33H,7,10-11,16-17H2,1-3H3,(H,27,30)(H,28,31)/t20-,22+,26-/m1/s1. The second-order valence-electron chi connectivity index (χ2n) is 8.55. The van der Waals surface area contributed by atoms with Gasteiger partial charge in [0.1, 0.15) is 11.5 Å². The first-order valence-electron chi connectivity index (χ1n) is 11.3. The molecule has 2 aromatic rings. The van der Waals surface area contributed by atoms with E-state index in [4.69, 9.17) is 9.94 Å². The molecule has 0 radical (unpaired) electrons. The minimum absolute atomic E-state index is 0.156. The fourth-order valence-corrected chi connectivity index (χ4v) is 4.07. The molecular formula is C26H34N2O6. The fraction of sp³-hybridized carbons (Fsp3) is 0.423. The van der Waals surface area contributed by atoms with E-state index in [0.717, 1.165) is 11.1 Å². The van der Waals surface area contributed by atoms with Crippen molar-refractivity contribution in [1.29, 1.82) is 0 Å². The first-order valence-corrected chi connectivity index (χ1v) is 11.3. The molecule has 2 aromatic carbocycles. The number of hydrogen-bond donors (Lipinski definition) is 4. The average molecular weight is 471 g/mol. The molecule has 0 aromatic heterocycles. The average Bonchev–Trinajstić information content (AvgIpc) is 2.85. The van der Waals surface area contributed by atoms with Crippen molar-refractivity contribution in [1.82, 2.24) is 10.8 Å². The van der Waals surface area contributed by atoms with Crippen molar-refractivity contribution in [2.75, 3.05) is 14.2 Å². The van der Waals surface area contributed by atoms with Crippen molar-refractivity contribution in [2.24, 2.45) is 11.8 Å². The molecule has 8 heteroatoms. The van der Waals surface area contributed by atoms with Gasteiger partial charge in [-0.2, -0.15) is 0 Å². The third-order valence-electron chi connectivity index (χ3n) is 6.14. The molecule has 2 amide bonds. The Morgan fingerprint density at radius 3 is 2.24 bits per heavy atom. The van der Waals surface area contributed by atoms with Crippen molar-refractivity contribution >= 4 is 17.6 Å². The lowest BCUT2D eigenvalue weighted by Gasteiger charge is -2.31. The van der Waals surface area contributed by atoms with Gasteiger partial charge in [0.15, 0.2) is 5.60 Å². The number of carbonyl (C=O) groups excluding carboxylic acids is 3. The number of amides is 2. The maximum atomic E-state index is 13.4. The molecule has 0 aliphatic rings. The number of Topliss-reactive ketones (excluding diaryl/α,β-unsaturated/α-hetero) is 1.